The van der Waals surface area contributed by atoms with E-state index in [2.05, 4.69) is 13.0 Å². The van der Waals surface area contributed by atoms with E-state index >= 15 is 0 Å². The van der Waals surface area contributed by atoms with Crippen molar-refractivity contribution in [1.82, 2.24) is 4.90 Å². The summed E-state index contributed by atoms with van der Waals surface area (Å²) in [5.74, 6) is -0.338. The van der Waals surface area contributed by atoms with Crippen LogP contribution >= 0.6 is 0 Å². The first kappa shape index (κ1) is 10.9. The molecule has 0 bridgehead atoms. The summed E-state index contributed by atoms with van der Waals surface area (Å²) in [6.07, 6.45) is 2.98. The van der Waals surface area contributed by atoms with Crippen molar-refractivity contribution in [3.8, 4) is 0 Å². The van der Waals surface area contributed by atoms with Gasteiger partial charge in [-0.1, -0.05) is 11.6 Å². The lowest BCUT2D eigenvalue weighted by Crippen LogP contribution is -2.34. The molecule has 0 fully saturated rings. The minimum absolute atomic E-state index is 0.0243. The molecule has 84 valence electrons. The summed E-state index contributed by atoms with van der Waals surface area (Å²) in [5, 5.41) is 0. The SMILES string of the molecule is CC1=CCN(C(=O)c2ccc(F)cc2)CC1. The van der Waals surface area contributed by atoms with Gasteiger partial charge in [0.25, 0.3) is 5.91 Å². The number of carbonyl (C=O) groups excluding carboxylic acids is 1. The van der Waals surface area contributed by atoms with Crippen molar-refractivity contribution in [3.63, 3.8) is 0 Å². The molecular weight excluding hydrogens is 205 g/mol. The number of hydrogen-bond acceptors (Lipinski definition) is 1. The highest BCUT2D eigenvalue weighted by molar-refractivity contribution is 5.94. The minimum atomic E-state index is -0.314. The van der Waals surface area contributed by atoms with Gasteiger partial charge in [0.05, 0.1) is 0 Å². The van der Waals surface area contributed by atoms with Gasteiger partial charge in [-0.25, -0.2) is 4.39 Å². The van der Waals surface area contributed by atoms with E-state index in [0.717, 1.165) is 13.0 Å². The van der Waals surface area contributed by atoms with Crippen LogP contribution in [0.25, 0.3) is 0 Å². The standard InChI is InChI=1S/C13H14FNO/c1-10-6-8-15(9-7-10)13(16)11-2-4-12(14)5-3-11/h2-6H,7-9H2,1H3. The number of amides is 1. The van der Waals surface area contributed by atoms with Crippen molar-refractivity contribution < 1.29 is 9.18 Å². The van der Waals surface area contributed by atoms with E-state index in [1.54, 1.807) is 4.90 Å². The minimum Gasteiger partial charge on any atom is -0.335 e. The molecule has 0 aliphatic carbocycles. The fourth-order valence-corrected chi connectivity index (χ4v) is 1.73. The molecule has 1 heterocycles. The number of carbonyl (C=O) groups is 1. The van der Waals surface area contributed by atoms with Crippen LogP contribution in [0.4, 0.5) is 4.39 Å². The van der Waals surface area contributed by atoms with E-state index < -0.39 is 0 Å². The molecule has 0 unspecified atom stereocenters. The maximum Gasteiger partial charge on any atom is 0.254 e. The predicted octanol–water partition coefficient (Wildman–Crippen LogP) is 2.62. The fourth-order valence-electron chi connectivity index (χ4n) is 1.73. The van der Waals surface area contributed by atoms with Crippen LogP contribution in [0.3, 0.4) is 0 Å². The average Bonchev–Trinajstić information content (AvgIpc) is 2.30. The summed E-state index contributed by atoms with van der Waals surface area (Å²) in [4.78, 5) is 13.8. The van der Waals surface area contributed by atoms with E-state index in [1.165, 1.54) is 29.8 Å². The van der Waals surface area contributed by atoms with E-state index in [-0.39, 0.29) is 11.7 Å². The highest BCUT2D eigenvalue weighted by Gasteiger charge is 2.17. The molecule has 0 radical (unpaired) electrons. The second-order valence-electron chi connectivity index (χ2n) is 4.06. The molecule has 1 aliphatic rings. The Labute approximate surface area is 94.4 Å². The van der Waals surface area contributed by atoms with Crippen molar-refractivity contribution in [2.75, 3.05) is 13.1 Å². The third kappa shape index (κ3) is 2.30. The number of rotatable bonds is 1. The van der Waals surface area contributed by atoms with E-state index in [1.807, 2.05) is 0 Å². The van der Waals surface area contributed by atoms with Crippen molar-refractivity contribution in [2.45, 2.75) is 13.3 Å². The maximum atomic E-state index is 12.7. The summed E-state index contributed by atoms with van der Waals surface area (Å²) in [5.41, 5.74) is 1.87. The van der Waals surface area contributed by atoms with Crippen molar-refractivity contribution in [3.05, 3.63) is 47.3 Å². The van der Waals surface area contributed by atoms with Crippen LogP contribution in [0, 0.1) is 5.82 Å². The van der Waals surface area contributed by atoms with Crippen molar-refractivity contribution in [2.24, 2.45) is 0 Å². The third-order valence-electron chi connectivity index (χ3n) is 2.81. The smallest absolute Gasteiger partial charge is 0.254 e. The molecule has 0 saturated carbocycles. The largest absolute Gasteiger partial charge is 0.335 e. The van der Waals surface area contributed by atoms with E-state index in [4.69, 9.17) is 0 Å². The fraction of sp³-hybridized carbons (Fsp3) is 0.308. The Hall–Kier alpha value is -1.64. The molecule has 0 atom stereocenters. The van der Waals surface area contributed by atoms with Crippen molar-refractivity contribution >= 4 is 5.91 Å². The van der Waals surface area contributed by atoms with Gasteiger partial charge in [0.1, 0.15) is 5.82 Å². The summed E-state index contributed by atoms with van der Waals surface area (Å²) in [6.45, 7) is 3.47. The van der Waals surface area contributed by atoms with Gasteiger partial charge in [0, 0.05) is 18.7 Å². The van der Waals surface area contributed by atoms with Crippen LogP contribution in [0.1, 0.15) is 23.7 Å². The summed E-state index contributed by atoms with van der Waals surface area (Å²) in [6, 6.07) is 5.70. The van der Waals surface area contributed by atoms with Crippen LogP contribution < -0.4 is 0 Å². The molecule has 0 N–H and O–H groups in total. The van der Waals surface area contributed by atoms with Gasteiger partial charge in [-0.2, -0.15) is 0 Å². The molecule has 2 nitrogen and oxygen atoms in total. The van der Waals surface area contributed by atoms with Gasteiger partial charge >= 0.3 is 0 Å². The van der Waals surface area contributed by atoms with Gasteiger partial charge in [0.15, 0.2) is 0 Å². The normalized spacial score (nSPS) is 15.9. The lowest BCUT2D eigenvalue weighted by atomic mass is 10.1. The predicted molar refractivity (Wildman–Crippen MR) is 60.7 cm³/mol. The van der Waals surface area contributed by atoms with Crippen LogP contribution in [-0.4, -0.2) is 23.9 Å². The lowest BCUT2D eigenvalue weighted by molar-refractivity contribution is 0.0769. The van der Waals surface area contributed by atoms with Crippen LogP contribution in [0.15, 0.2) is 35.9 Å². The van der Waals surface area contributed by atoms with Gasteiger partial charge in [0.2, 0.25) is 0 Å². The molecule has 0 aromatic heterocycles. The zero-order valence-corrected chi connectivity index (χ0v) is 9.24. The topological polar surface area (TPSA) is 20.3 Å². The molecule has 16 heavy (non-hydrogen) atoms. The first-order valence-corrected chi connectivity index (χ1v) is 5.37. The van der Waals surface area contributed by atoms with Crippen LogP contribution in [0.5, 0.6) is 0 Å². The molecule has 0 saturated heterocycles. The Kier molecular flexibility index (Phi) is 3.04. The number of halogens is 1. The Morgan fingerprint density at radius 1 is 1.31 bits per heavy atom. The summed E-state index contributed by atoms with van der Waals surface area (Å²) in [7, 11) is 0. The highest BCUT2D eigenvalue weighted by atomic mass is 19.1. The molecule has 1 aromatic rings. The molecular formula is C13H14FNO. The average molecular weight is 219 g/mol. The van der Waals surface area contributed by atoms with Crippen molar-refractivity contribution in [1.29, 1.82) is 0 Å². The summed E-state index contributed by atoms with van der Waals surface area (Å²) >= 11 is 0. The highest BCUT2D eigenvalue weighted by Crippen LogP contribution is 2.13. The Morgan fingerprint density at radius 2 is 2.00 bits per heavy atom. The Morgan fingerprint density at radius 3 is 2.56 bits per heavy atom. The lowest BCUT2D eigenvalue weighted by Gasteiger charge is -2.25. The first-order valence-electron chi connectivity index (χ1n) is 5.37. The quantitative estimate of drug-likeness (QED) is 0.665. The number of benzene rings is 1. The second-order valence-corrected chi connectivity index (χ2v) is 4.06. The van der Waals surface area contributed by atoms with Gasteiger partial charge in [-0.15, -0.1) is 0 Å². The Bertz CT molecular complexity index is 422. The third-order valence-corrected chi connectivity index (χ3v) is 2.81. The molecule has 3 heteroatoms. The first-order chi connectivity index (χ1) is 7.66. The monoisotopic (exact) mass is 219 g/mol. The molecule has 1 aliphatic heterocycles. The molecule has 1 amide bonds. The van der Waals surface area contributed by atoms with Gasteiger partial charge in [-0.05, 0) is 37.6 Å². The van der Waals surface area contributed by atoms with E-state index in [0.29, 0.717) is 12.1 Å². The molecule has 2 rings (SSSR count). The summed E-state index contributed by atoms with van der Waals surface area (Å²) < 4.78 is 12.7. The second kappa shape index (κ2) is 4.47. The van der Waals surface area contributed by atoms with Gasteiger partial charge < -0.3 is 4.90 Å². The Balaban J connectivity index is 2.11. The zero-order chi connectivity index (χ0) is 11.5. The van der Waals surface area contributed by atoms with E-state index in [9.17, 15) is 9.18 Å². The molecule has 1 aromatic carbocycles. The zero-order valence-electron chi connectivity index (χ0n) is 9.24. The van der Waals surface area contributed by atoms with Crippen LogP contribution in [-0.2, 0) is 0 Å². The number of nitrogens with zero attached hydrogens (tertiary/aromatic N) is 1. The van der Waals surface area contributed by atoms with Gasteiger partial charge in [-0.3, -0.25) is 4.79 Å². The maximum absolute atomic E-state index is 12.7. The number of hydrogen-bond donors (Lipinski definition) is 0. The molecule has 0 spiro atoms. The van der Waals surface area contributed by atoms with Crippen LogP contribution in [0.2, 0.25) is 0 Å².